The molecule has 0 saturated carbocycles. The second-order valence-corrected chi connectivity index (χ2v) is 18.5. The van der Waals surface area contributed by atoms with Gasteiger partial charge in [0.25, 0.3) is 0 Å². The zero-order valence-corrected chi connectivity index (χ0v) is 39.0. The SMILES string of the molecule is Cc1cc(C)c(C2=C3C=CC(=N3)C(c3c(Br)cccc3Br)=C3C=CC(=N3)C(c3c(C)cc(C)cc3C)=C3C=CC(=N3)C(c3c(Br)cccc3Br)=C3C=CC2=N3)c(C)c1. The van der Waals surface area contributed by atoms with Gasteiger partial charge in [0.2, 0.25) is 0 Å². The summed E-state index contributed by atoms with van der Waals surface area (Å²) in [5, 5.41) is 0. The van der Waals surface area contributed by atoms with Crippen molar-refractivity contribution in [3.63, 3.8) is 0 Å². The summed E-state index contributed by atoms with van der Waals surface area (Å²) in [5.41, 5.74) is 21.7. The van der Waals surface area contributed by atoms with Crippen LogP contribution in [0.4, 0.5) is 0 Å². The molecule has 9 rings (SSSR count). The van der Waals surface area contributed by atoms with Gasteiger partial charge in [-0.25, -0.2) is 20.0 Å². The van der Waals surface area contributed by atoms with Crippen molar-refractivity contribution in [2.24, 2.45) is 20.0 Å². The zero-order chi connectivity index (χ0) is 40.6. The summed E-state index contributed by atoms with van der Waals surface area (Å²) in [6.07, 6.45) is 17.0. The molecular weight excluding hydrogens is 976 g/mol. The van der Waals surface area contributed by atoms with Gasteiger partial charge in [0.15, 0.2) is 0 Å². The predicted molar refractivity (Wildman–Crippen MR) is 259 cm³/mol. The van der Waals surface area contributed by atoms with E-state index in [1.807, 2.05) is 12.1 Å². The van der Waals surface area contributed by atoms with E-state index in [0.717, 1.165) is 108 Å². The van der Waals surface area contributed by atoms with E-state index in [1.54, 1.807) is 0 Å². The highest BCUT2D eigenvalue weighted by Gasteiger charge is 2.31. The maximum absolute atomic E-state index is 5.50. The van der Waals surface area contributed by atoms with Gasteiger partial charge in [-0.15, -0.1) is 0 Å². The number of benzene rings is 4. The Hall–Kier alpha value is -4.60. The van der Waals surface area contributed by atoms with Crippen LogP contribution in [0.3, 0.4) is 0 Å². The maximum atomic E-state index is 5.50. The van der Waals surface area contributed by atoms with Gasteiger partial charge in [-0.1, -0.05) is 111 Å². The van der Waals surface area contributed by atoms with Crippen LogP contribution in [0.25, 0.3) is 22.3 Å². The number of nitrogens with zero attached hydrogens (tertiary/aromatic N) is 4. The van der Waals surface area contributed by atoms with Gasteiger partial charge >= 0.3 is 0 Å². The Labute approximate surface area is 373 Å². The van der Waals surface area contributed by atoms with E-state index in [2.05, 4.69) is 202 Å². The normalized spacial score (nSPS) is 17.0. The maximum Gasteiger partial charge on any atom is 0.0738 e. The fraction of sp³-hybridized carbons (Fsp3) is 0.120. The van der Waals surface area contributed by atoms with E-state index in [-0.39, 0.29) is 0 Å². The molecule has 0 aliphatic carbocycles. The molecular formula is C50H36Br4N4. The molecule has 58 heavy (non-hydrogen) atoms. The Morgan fingerprint density at radius 3 is 0.828 bits per heavy atom. The zero-order valence-electron chi connectivity index (χ0n) is 32.7. The van der Waals surface area contributed by atoms with Gasteiger partial charge in [-0.3, -0.25) is 0 Å². The third kappa shape index (κ3) is 6.72. The summed E-state index contributed by atoms with van der Waals surface area (Å²) in [6, 6.07) is 21.3. The molecule has 8 bridgehead atoms. The third-order valence-corrected chi connectivity index (χ3v) is 13.5. The van der Waals surface area contributed by atoms with Gasteiger partial charge in [0, 0.05) is 51.3 Å². The summed E-state index contributed by atoms with van der Waals surface area (Å²) >= 11 is 15.6. The minimum atomic E-state index is 0.813. The number of halogens is 4. The second-order valence-electron chi connectivity index (χ2n) is 15.1. The van der Waals surface area contributed by atoms with Crippen molar-refractivity contribution >= 4 is 109 Å². The van der Waals surface area contributed by atoms with Crippen LogP contribution in [-0.2, 0) is 0 Å². The number of hydrogen-bond donors (Lipinski definition) is 0. The van der Waals surface area contributed by atoms with Crippen molar-refractivity contribution in [3.8, 4) is 0 Å². The van der Waals surface area contributed by atoms with Crippen LogP contribution in [0, 0.1) is 41.5 Å². The molecule has 0 saturated heterocycles. The van der Waals surface area contributed by atoms with Crippen LogP contribution in [0.2, 0.25) is 0 Å². The van der Waals surface area contributed by atoms with E-state index in [9.17, 15) is 0 Å². The van der Waals surface area contributed by atoms with Crippen molar-refractivity contribution in [2.45, 2.75) is 41.5 Å². The first kappa shape index (κ1) is 38.9. The Morgan fingerprint density at radius 1 is 0.328 bits per heavy atom. The summed E-state index contributed by atoms with van der Waals surface area (Å²) < 4.78 is 3.76. The average molecular weight is 1010 g/mol. The first-order valence-electron chi connectivity index (χ1n) is 19.0. The molecule has 4 aromatic rings. The minimum Gasteiger partial charge on any atom is -0.248 e. The van der Waals surface area contributed by atoms with Gasteiger partial charge in [0.1, 0.15) is 0 Å². The lowest BCUT2D eigenvalue weighted by Crippen LogP contribution is -2.07. The molecule has 0 N–H and O–H groups in total. The average Bonchev–Trinajstić information content (AvgIpc) is 4.00. The summed E-state index contributed by atoms with van der Waals surface area (Å²) in [5.74, 6) is 0. The summed E-state index contributed by atoms with van der Waals surface area (Å²) in [4.78, 5) is 22.0. The molecule has 0 amide bonds. The third-order valence-electron chi connectivity index (χ3n) is 10.9. The number of aliphatic imine (C=N–C) groups is 4. The van der Waals surface area contributed by atoms with Crippen molar-refractivity contribution < 1.29 is 0 Å². The highest BCUT2D eigenvalue weighted by atomic mass is 79.9. The van der Waals surface area contributed by atoms with E-state index >= 15 is 0 Å². The largest absolute Gasteiger partial charge is 0.248 e. The Bertz CT molecular complexity index is 2680. The van der Waals surface area contributed by atoms with E-state index in [0.29, 0.717) is 0 Å². The molecule has 0 fully saturated rings. The quantitative estimate of drug-likeness (QED) is 0.196. The number of rotatable bonds is 4. The van der Waals surface area contributed by atoms with Crippen molar-refractivity contribution in [1.82, 2.24) is 0 Å². The smallest absolute Gasteiger partial charge is 0.0738 e. The van der Waals surface area contributed by atoms with Crippen LogP contribution in [0.1, 0.15) is 55.6 Å². The lowest BCUT2D eigenvalue weighted by molar-refractivity contribution is 1.28. The highest BCUT2D eigenvalue weighted by Crippen LogP contribution is 2.44. The molecule has 0 spiro atoms. The van der Waals surface area contributed by atoms with Crippen LogP contribution >= 0.6 is 63.7 Å². The molecule has 4 nitrogen and oxygen atoms in total. The topological polar surface area (TPSA) is 49.4 Å². The van der Waals surface area contributed by atoms with Crippen LogP contribution in [-0.4, -0.2) is 22.8 Å². The van der Waals surface area contributed by atoms with Crippen molar-refractivity contribution in [1.29, 1.82) is 0 Å². The number of hydrogen-bond acceptors (Lipinski definition) is 4. The molecule has 5 aliphatic heterocycles. The fourth-order valence-electron chi connectivity index (χ4n) is 8.73. The monoisotopic (exact) mass is 1010 g/mol. The van der Waals surface area contributed by atoms with Crippen LogP contribution in [0.5, 0.6) is 0 Å². The van der Waals surface area contributed by atoms with Gasteiger partial charge in [0.05, 0.1) is 45.6 Å². The lowest BCUT2D eigenvalue weighted by Gasteiger charge is -2.18. The summed E-state index contributed by atoms with van der Waals surface area (Å²) in [6.45, 7) is 13.0. The molecule has 0 atom stereocenters. The van der Waals surface area contributed by atoms with Crippen LogP contribution in [0.15, 0.2) is 170 Å². The highest BCUT2D eigenvalue weighted by molar-refractivity contribution is 9.11. The van der Waals surface area contributed by atoms with E-state index < -0.39 is 0 Å². The van der Waals surface area contributed by atoms with Crippen LogP contribution < -0.4 is 0 Å². The molecule has 5 heterocycles. The molecule has 0 aromatic heterocycles. The lowest BCUT2D eigenvalue weighted by atomic mass is 9.90. The standard InChI is InChI=1S/C50H36Br4N4/c1-25-21-27(3)43(28(4)22-25)47-35-13-17-39(55-35)49(45-31(51)9-7-10-32(45)52)41-19-15-37(57-41)48(44-29(5)23-26(2)24-30(44)6)38-16-20-42(58-38)50(40-18-14-36(47)56-40)46-33(53)11-8-12-34(46)54/h7-24H,1-6H3. The Balaban J connectivity index is 1.44. The fourth-order valence-corrected chi connectivity index (χ4v) is 11.5. The molecule has 0 unspecified atom stereocenters. The van der Waals surface area contributed by atoms with Crippen molar-refractivity contribution in [3.05, 3.63) is 206 Å². The van der Waals surface area contributed by atoms with E-state index in [1.165, 1.54) is 33.4 Å². The molecule has 284 valence electrons. The number of allylic oxidation sites excluding steroid dienone is 12. The molecule has 5 aliphatic rings. The molecule has 4 aromatic carbocycles. The van der Waals surface area contributed by atoms with Gasteiger partial charge in [-0.05, 0) is 148 Å². The van der Waals surface area contributed by atoms with E-state index in [4.69, 9.17) is 20.0 Å². The first-order chi connectivity index (χ1) is 27.9. The Morgan fingerprint density at radius 2 is 0.569 bits per heavy atom. The van der Waals surface area contributed by atoms with Gasteiger partial charge in [-0.2, -0.15) is 0 Å². The Kier molecular flexibility index (Phi) is 10.2. The summed E-state index contributed by atoms with van der Waals surface area (Å²) in [7, 11) is 0. The molecule has 0 radical (unpaired) electrons. The predicted octanol–water partition coefficient (Wildman–Crippen LogP) is 14.6. The number of aryl methyl sites for hydroxylation is 6. The first-order valence-corrected chi connectivity index (χ1v) is 22.2. The molecule has 8 heteroatoms. The second kappa shape index (κ2) is 15.2. The minimum absolute atomic E-state index is 0.813. The number of fused-ring (bicyclic) bond motifs is 4. The van der Waals surface area contributed by atoms with Gasteiger partial charge < -0.3 is 0 Å². The van der Waals surface area contributed by atoms with Crippen molar-refractivity contribution in [2.75, 3.05) is 0 Å².